The molecular weight excluding hydrogens is 270 g/mol. The van der Waals surface area contributed by atoms with Crippen molar-refractivity contribution in [1.29, 1.82) is 0 Å². The van der Waals surface area contributed by atoms with Gasteiger partial charge in [0.15, 0.2) is 0 Å². The van der Waals surface area contributed by atoms with Gasteiger partial charge in [0.2, 0.25) is 0 Å². The monoisotopic (exact) mass is 285 g/mol. The summed E-state index contributed by atoms with van der Waals surface area (Å²) in [6, 6.07) is 2.23. The number of fused-ring (bicyclic) bond motifs is 1. The van der Waals surface area contributed by atoms with Crippen LogP contribution in [0.25, 0.3) is 0 Å². The highest BCUT2D eigenvalue weighted by molar-refractivity contribution is 9.10. The van der Waals surface area contributed by atoms with Gasteiger partial charge in [-0.05, 0) is 51.9 Å². The number of halogens is 1. The fourth-order valence-corrected chi connectivity index (χ4v) is 3.18. The zero-order chi connectivity index (χ0) is 11.5. The molecule has 0 aliphatic heterocycles. The number of benzene rings is 1. The smallest absolute Gasteiger partial charge is 0.136 e. The quantitative estimate of drug-likeness (QED) is 0.864. The summed E-state index contributed by atoms with van der Waals surface area (Å²) < 4.78 is 6.56. The Kier molecular flexibility index (Phi) is 3.84. The molecule has 0 fully saturated rings. The van der Waals surface area contributed by atoms with Gasteiger partial charge >= 0.3 is 0 Å². The normalized spacial score (nSPS) is 13.9. The predicted octanol–water partition coefficient (Wildman–Crippen LogP) is 2.38. The Morgan fingerprint density at radius 1 is 1.44 bits per heavy atom. The summed E-state index contributed by atoms with van der Waals surface area (Å²) in [4.78, 5) is 4.63. The Hall–Kier alpha value is -0.580. The van der Waals surface area contributed by atoms with Crippen LogP contribution < -0.4 is 10.6 Å². The highest BCUT2D eigenvalue weighted by Crippen LogP contribution is 2.39. The third-order valence-corrected chi connectivity index (χ3v) is 3.90. The fraction of sp³-hybridized carbons (Fsp3) is 0.500. The van der Waals surface area contributed by atoms with Crippen molar-refractivity contribution in [2.45, 2.75) is 25.7 Å². The number of rotatable bonds is 4. The van der Waals surface area contributed by atoms with Crippen LogP contribution in [0.3, 0.4) is 0 Å². The van der Waals surface area contributed by atoms with Gasteiger partial charge < -0.3 is 9.57 Å². The Balaban J connectivity index is 2.39. The summed E-state index contributed by atoms with van der Waals surface area (Å²) in [6.45, 7) is 0.515. The molecule has 16 heavy (non-hydrogen) atoms. The maximum absolute atomic E-state index is 5.46. The molecule has 0 bridgehead atoms. The number of nitrogens with two attached hydrogens (primary N) is 1. The summed E-state index contributed by atoms with van der Waals surface area (Å²) in [6.07, 6.45) is 4.31. The molecule has 3 nitrogen and oxygen atoms in total. The van der Waals surface area contributed by atoms with E-state index in [2.05, 4.69) is 26.8 Å². The molecule has 1 aromatic rings. The Labute approximate surface area is 104 Å². The maximum Gasteiger partial charge on any atom is 0.136 e. The first-order chi connectivity index (χ1) is 7.77. The van der Waals surface area contributed by atoms with E-state index in [0.717, 1.165) is 29.5 Å². The molecule has 4 heteroatoms. The van der Waals surface area contributed by atoms with Crippen molar-refractivity contribution in [3.63, 3.8) is 0 Å². The standard InChI is InChI=1S/C12H16BrNO2/c1-15-12-9(5-6-16-14)7-8-3-2-4-10(8)11(12)13/h7H,2-6,14H2,1H3. The second kappa shape index (κ2) is 5.17. The lowest BCUT2D eigenvalue weighted by molar-refractivity contribution is 0.140. The largest absolute Gasteiger partial charge is 0.495 e. The second-order valence-corrected chi connectivity index (χ2v) is 4.79. The van der Waals surface area contributed by atoms with Gasteiger partial charge in [0.25, 0.3) is 0 Å². The minimum Gasteiger partial charge on any atom is -0.495 e. The van der Waals surface area contributed by atoms with Gasteiger partial charge in [0.05, 0.1) is 18.2 Å². The number of hydrogen-bond donors (Lipinski definition) is 1. The molecule has 1 aliphatic rings. The minimum atomic E-state index is 0.515. The SMILES string of the molecule is COc1c(CCON)cc2c(c1Br)CCC2. The van der Waals surface area contributed by atoms with Crippen LogP contribution in [-0.4, -0.2) is 13.7 Å². The van der Waals surface area contributed by atoms with Gasteiger partial charge in [0, 0.05) is 6.42 Å². The van der Waals surface area contributed by atoms with Crippen LogP contribution in [0.4, 0.5) is 0 Å². The predicted molar refractivity (Wildman–Crippen MR) is 66.6 cm³/mol. The van der Waals surface area contributed by atoms with Gasteiger partial charge in [-0.3, -0.25) is 0 Å². The summed E-state index contributed by atoms with van der Waals surface area (Å²) in [5.41, 5.74) is 3.99. The molecule has 0 spiro atoms. The highest BCUT2D eigenvalue weighted by Gasteiger charge is 2.20. The van der Waals surface area contributed by atoms with Crippen LogP contribution in [0, 0.1) is 0 Å². The van der Waals surface area contributed by atoms with Crippen molar-refractivity contribution in [3.8, 4) is 5.75 Å². The zero-order valence-electron chi connectivity index (χ0n) is 9.38. The van der Waals surface area contributed by atoms with Gasteiger partial charge in [-0.1, -0.05) is 6.07 Å². The van der Waals surface area contributed by atoms with Gasteiger partial charge in [-0.25, -0.2) is 5.90 Å². The molecule has 0 saturated carbocycles. The lowest BCUT2D eigenvalue weighted by Gasteiger charge is -2.14. The lowest BCUT2D eigenvalue weighted by Crippen LogP contribution is -2.06. The minimum absolute atomic E-state index is 0.515. The third kappa shape index (κ3) is 2.10. The van der Waals surface area contributed by atoms with E-state index in [1.165, 1.54) is 23.1 Å². The van der Waals surface area contributed by atoms with Gasteiger partial charge in [-0.2, -0.15) is 0 Å². The molecule has 0 radical (unpaired) electrons. The molecule has 0 saturated heterocycles. The summed E-state index contributed by atoms with van der Waals surface area (Å²) in [5.74, 6) is 5.99. The number of methoxy groups -OCH3 is 1. The summed E-state index contributed by atoms with van der Waals surface area (Å²) in [5, 5.41) is 0. The Morgan fingerprint density at radius 2 is 2.25 bits per heavy atom. The molecule has 1 aliphatic carbocycles. The van der Waals surface area contributed by atoms with E-state index >= 15 is 0 Å². The average molecular weight is 286 g/mol. The Morgan fingerprint density at radius 3 is 2.94 bits per heavy atom. The average Bonchev–Trinajstić information content (AvgIpc) is 2.75. The first-order valence-corrected chi connectivity index (χ1v) is 6.26. The van der Waals surface area contributed by atoms with E-state index < -0.39 is 0 Å². The first-order valence-electron chi connectivity index (χ1n) is 5.46. The summed E-state index contributed by atoms with van der Waals surface area (Å²) in [7, 11) is 1.70. The summed E-state index contributed by atoms with van der Waals surface area (Å²) >= 11 is 3.64. The van der Waals surface area contributed by atoms with Gasteiger partial charge in [-0.15, -0.1) is 0 Å². The highest BCUT2D eigenvalue weighted by atomic mass is 79.9. The molecule has 88 valence electrons. The van der Waals surface area contributed by atoms with E-state index in [1.807, 2.05) is 0 Å². The first kappa shape index (κ1) is 11.9. The van der Waals surface area contributed by atoms with Crippen molar-refractivity contribution >= 4 is 15.9 Å². The van der Waals surface area contributed by atoms with Crippen LogP contribution in [0.1, 0.15) is 23.1 Å². The molecule has 0 amide bonds. The van der Waals surface area contributed by atoms with Crippen molar-refractivity contribution in [2.24, 2.45) is 5.90 Å². The molecular formula is C12H16BrNO2. The fourth-order valence-electron chi connectivity index (χ4n) is 2.31. The van der Waals surface area contributed by atoms with E-state index in [0.29, 0.717) is 6.61 Å². The number of ether oxygens (including phenoxy) is 1. The topological polar surface area (TPSA) is 44.5 Å². The van der Waals surface area contributed by atoms with Crippen molar-refractivity contribution in [2.75, 3.05) is 13.7 Å². The van der Waals surface area contributed by atoms with Crippen molar-refractivity contribution < 1.29 is 9.57 Å². The lowest BCUT2D eigenvalue weighted by atomic mass is 10.0. The van der Waals surface area contributed by atoms with E-state index in [9.17, 15) is 0 Å². The molecule has 0 unspecified atom stereocenters. The zero-order valence-corrected chi connectivity index (χ0v) is 11.0. The van der Waals surface area contributed by atoms with Gasteiger partial charge in [0.1, 0.15) is 5.75 Å². The van der Waals surface area contributed by atoms with E-state index in [-0.39, 0.29) is 0 Å². The van der Waals surface area contributed by atoms with Crippen molar-refractivity contribution in [1.82, 2.24) is 0 Å². The van der Waals surface area contributed by atoms with E-state index in [1.54, 1.807) is 7.11 Å². The van der Waals surface area contributed by atoms with Crippen LogP contribution in [-0.2, 0) is 24.1 Å². The van der Waals surface area contributed by atoms with Crippen LogP contribution in [0.5, 0.6) is 5.75 Å². The van der Waals surface area contributed by atoms with E-state index in [4.69, 9.17) is 10.6 Å². The molecule has 0 atom stereocenters. The molecule has 2 rings (SSSR count). The number of aryl methyl sites for hydroxylation is 1. The van der Waals surface area contributed by atoms with Crippen molar-refractivity contribution in [3.05, 3.63) is 27.2 Å². The third-order valence-electron chi connectivity index (χ3n) is 3.06. The number of hydrogen-bond acceptors (Lipinski definition) is 3. The molecule has 0 heterocycles. The molecule has 2 N–H and O–H groups in total. The molecule has 0 aromatic heterocycles. The van der Waals surface area contributed by atoms with Crippen LogP contribution >= 0.6 is 15.9 Å². The second-order valence-electron chi connectivity index (χ2n) is 3.99. The maximum atomic E-state index is 5.46. The van der Waals surface area contributed by atoms with Crippen LogP contribution in [0.2, 0.25) is 0 Å². The Bertz CT molecular complexity index is 393. The molecule has 1 aromatic carbocycles. The van der Waals surface area contributed by atoms with Crippen LogP contribution in [0.15, 0.2) is 10.5 Å².